The maximum Gasteiger partial charge on any atom is 0.404 e. The van der Waals surface area contributed by atoms with Gasteiger partial charge in [-0.05, 0) is 24.7 Å². The van der Waals surface area contributed by atoms with E-state index in [9.17, 15) is 9.90 Å². The van der Waals surface area contributed by atoms with Gasteiger partial charge >= 0.3 is 6.09 Å². The average Bonchev–Trinajstić information content (AvgIpc) is 2.40. The summed E-state index contributed by atoms with van der Waals surface area (Å²) in [6, 6.07) is 0. The highest BCUT2D eigenvalue weighted by atomic mass is 16.5. The van der Waals surface area contributed by atoms with Crippen molar-refractivity contribution in [2.45, 2.75) is 25.9 Å². The Hall–Kier alpha value is -1.11. The Labute approximate surface area is 120 Å². The summed E-state index contributed by atoms with van der Waals surface area (Å²) >= 11 is 0. The maximum atomic E-state index is 10.3. The topological polar surface area (TPSA) is 93.8 Å². The van der Waals surface area contributed by atoms with Crippen molar-refractivity contribution >= 4 is 6.09 Å². The van der Waals surface area contributed by atoms with Crippen LogP contribution in [0.25, 0.3) is 0 Å². The van der Waals surface area contributed by atoms with E-state index in [1.54, 1.807) is 0 Å². The number of aliphatic hydroxyl groups is 1. The summed E-state index contributed by atoms with van der Waals surface area (Å²) < 4.78 is 10.1. The number of aliphatic hydroxyl groups excluding tert-OH is 1. The van der Waals surface area contributed by atoms with Gasteiger partial charge in [0, 0.05) is 13.1 Å². The predicted molar refractivity (Wildman–Crippen MR) is 76.3 cm³/mol. The highest BCUT2D eigenvalue weighted by Crippen LogP contribution is 2.24. The molecular weight excluding hydrogens is 260 g/mol. The number of rotatable bonds is 9. The van der Waals surface area contributed by atoms with Crippen LogP contribution >= 0.6 is 0 Å². The first-order valence-electron chi connectivity index (χ1n) is 7.13. The molecule has 3 atom stereocenters. The molecule has 4 N–H and O–H groups in total. The van der Waals surface area contributed by atoms with E-state index in [4.69, 9.17) is 10.5 Å². The highest BCUT2D eigenvalue weighted by Gasteiger charge is 2.18. The standard InChI is InChI=1S/C14H26N2O4/c1-11-4-2-3-5-12(11)9-19-10-13(17)8-16-6-7-20-14(15)18/h2-3,11-13,16-17H,4-10H2,1H3,(H2,15,18). The zero-order chi connectivity index (χ0) is 14.8. The summed E-state index contributed by atoms with van der Waals surface area (Å²) in [6.45, 7) is 4.31. The lowest BCUT2D eigenvalue weighted by Gasteiger charge is -2.25. The van der Waals surface area contributed by atoms with E-state index in [0.29, 0.717) is 38.1 Å². The molecule has 0 aromatic rings. The number of hydrogen-bond donors (Lipinski definition) is 3. The van der Waals surface area contributed by atoms with Crippen molar-refractivity contribution < 1.29 is 19.4 Å². The Morgan fingerprint density at radius 1 is 1.50 bits per heavy atom. The summed E-state index contributed by atoms with van der Waals surface area (Å²) in [7, 11) is 0. The first kappa shape index (κ1) is 16.9. The Kier molecular flexibility index (Phi) is 8.25. The molecule has 0 saturated carbocycles. The maximum absolute atomic E-state index is 10.3. The summed E-state index contributed by atoms with van der Waals surface area (Å²) in [6.07, 6.45) is 5.24. The lowest BCUT2D eigenvalue weighted by Crippen LogP contribution is -2.34. The molecule has 3 unspecified atom stereocenters. The fourth-order valence-corrected chi connectivity index (χ4v) is 2.15. The van der Waals surface area contributed by atoms with Crippen LogP contribution < -0.4 is 11.1 Å². The normalized spacial score (nSPS) is 23.5. The summed E-state index contributed by atoms with van der Waals surface area (Å²) in [5, 5.41) is 12.7. The number of carbonyl (C=O) groups excluding carboxylic acids is 1. The quantitative estimate of drug-likeness (QED) is 0.427. The molecule has 116 valence electrons. The second-order valence-corrected chi connectivity index (χ2v) is 5.24. The van der Waals surface area contributed by atoms with Gasteiger partial charge in [-0.25, -0.2) is 4.79 Å². The number of amides is 1. The van der Waals surface area contributed by atoms with Crippen molar-refractivity contribution in [2.24, 2.45) is 17.6 Å². The largest absolute Gasteiger partial charge is 0.448 e. The van der Waals surface area contributed by atoms with Crippen molar-refractivity contribution in [3.63, 3.8) is 0 Å². The van der Waals surface area contributed by atoms with E-state index in [-0.39, 0.29) is 6.61 Å². The molecule has 0 heterocycles. The lowest BCUT2D eigenvalue weighted by atomic mass is 9.85. The molecule has 0 radical (unpaired) electrons. The minimum absolute atomic E-state index is 0.203. The number of nitrogens with one attached hydrogen (secondary N) is 1. The van der Waals surface area contributed by atoms with E-state index >= 15 is 0 Å². The van der Waals surface area contributed by atoms with Gasteiger partial charge in [0.05, 0.1) is 19.3 Å². The third kappa shape index (κ3) is 7.47. The van der Waals surface area contributed by atoms with Crippen LogP contribution in [0.1, 0.15) is 19.8 Å². The summed E-state index contributed by atoms with van der Waals surface area (Å²) in [5.41, 5.74) is 4.82. The number of carbonyl (C=O) groups is 1. The number of hydrogen-bond acceptors (Lipinski definition) is 5. The monoisotopic (exact) mass is 286 g/mol. The molecule has 0 fully saturated rings. The van der Waals surface area contributed by atoms with Gasteiger partial charge in [0.15, 0.2) is 0 Å². The van der Waals surface area contributed by atoms with Crippen molar-refractivity contribution in [1.29, 1.82) is 0 Å². The molecule has 0 bridgehead atoms. The molecular formula is C14H26N2O4. The zero-order valence-corrected chi connectivity index (χ0v) is 12.1. The zero-order valence-electron chi connectivity index (χ0n) is 12.1. The molecule has 1 aliphatic rings. The van der Waals surface area contributed by atoms with E-state index in [1.807, 2.05) is 0 Å². The summed E-state index contributed by atoms with van der Waals surface area (Å²) in [4.78, 5) is 10.3. The molecule has 1 aliphatic carbocycles. The molecule has 0 aromatic carbocycles. The van der Waals surface area contributed by atoms with Gasteiger partial charge in [0.25, 0.3) is 0 Å². The van der Waals surface area contributed by atoms with Gasteiger partial charge in [-0.2, -0.15) is 0 Å². The minimum atomic E-state index is -0.786. The second kappa shape index (κ2) is 9.74. The number of ether oxygens (including phenoxy) is 2. The molecule has 1 rings (SSSR count). The van der Waals surface area contributed by atoms with E-state index in [2.05, 4.69) is 29.1 Å². The van der Waals surface area contributed by atoms with E-state index < -0.39 is 12.2 Å². The molecule has 0 spiro atoms. The van der Waals surface area contributed by atoms with Crippen LogP contribution in [0, 0.1) is 11.8 Å². The van der Waals surface area contributed by atoms with Crippen LogP contribution in [0.15, 0.2) is 12.2 Å². The molecule has 6 heteroatoms. The van der Waals surface area contributed by atoms with Crippen molar-refractivity contribution in [3.05, 3.63) is 12.2 Å². The Morgan fingerprint density at radius 2 is 2.25 bits per heavy atom. The molecule has 0 saturated heterocycles. The first-order chi connectivity index (χ1) is 9.59. The van der Waals surface area contributed by atoms with Crippen LogP contribution in [0.3, 0.4) is 0 Å². The Bertz CT molecular complexity index is 310. The van der Waals surface area contributed by atoms with Crippen LogP contribution in [0.5, 0.6) is 0 Å². The van der Waals surface area contributed by atoms with Crippen LogP contribution in [0.2, 0.25) is 0 Å². The molecule has 0 aromatic heterocycles. The van der Waals surface area contributed by atoms with E-state index in [0.717, 1.165) is 12.8 Å². The van der Waals surface area contributed by atoms with Gasteiger partial charge in [0.1, 0.15) is 6.61 Å². The smallest absolute Gasteiger partial charge is 0.404 e. The predicted octanol–water partition coefficient (Wildman–Crippen LogP) is 0.651. The van der Waals surface area contributed by atoms with Crippen molar-refractivity contribution in [2.75, 3.05) is 32.9 Å². The summed E-state index contributed by atoms with van der Waals surface area (Å²) in [5.74, 6) is 1.19. The van der Waals surface area contributed by atoms with Gasteiger partial charge in [-0.1, -0.05) is 19.1 Å². The number of nitrogens with two attached hydrogens (primary N) is 1. The van der Waals surface area contributed by atoms with Gasteiger partial charge in [-0.15, -0.1) is 0 Å². The lowest BCUT2D eigenvalue weighted by molar-refractivity contribution is 0.0125. The third-order valence-corrected chi connectivity index (χ3v) is 3.46. The van der Waals surface area contributed by atoms with Crippen LogP contribution in [-0.2, 0) is 9.47 Å². The average molecular weight is 286 g/mol. The van der Waals surface area contributed by atoms with Crippen LogP contribution in [0.4, 0.5) is 4.79 Å². The molecule has 20 heavy (non-hydrogen) atoms. The van der Waals surface area contributed by atoms with Crippen molar-refractivity contribution in [3.8, 4) is 0 Å². The molecule has 0 aliphatic heterocycles. The second-order valence-electron chi connectivity index (χ2n) is 5.24. The fraction of sp³-hybridized carbons (Fsp3) is 0.786. The third-order valence-electron chi connectivity index (χ3n) is 3.46. The number of allylic oxidation sites excluding steroid dienone is 2. The highest BCUT2D eigenvalue weighted by molar-refractivity contribution is 5.64. The molecule has 6 nitrogen and oxygen atoms in total. The fourth-order valence-electron chi connectivity index (χ4n) is 2.15. The SMILES string of the molecule is CC1CC=CCC1COCC(O)CNCCOC(N)=O. The first-order valence-corrected chi connectivity index (χ1v) is 7.13. The molecule has 1 amide bonds. The van der Waals surface area contributed by atoms with Gasteiger partial charge in [0.2, 0.25) is 0 Å². The Balaban J connectivity index is 1.98. The number of primary amides is 1. The van der Waals surface area contributed by atoms with E-state index in [1.165, 1.54) is 0 Å². The van der Waals surface area contributed by atoms with Crippen LogP contribution in [-0.4, -0.2) is 50.2 Å². The Morgan fingerprint density at radius 3 is 2.95 bits per heavy atom. The minimum Gasteiger partial charge on any atom is -0.448 e. The van der Waals surface area contributed by atoms with Gasteiger partial charge < -0.3 is 25.6 Å². The van der Waals surface area contributed by atoms with Gasteiger partial charge in [-0.3, -0.25) is 0 Å². The van der Waals surface area contributed by atoms with Crippen molar-refractivity contribution in [1.82, 2.24) is 5.32 Å².